The summed E-state index contributed by atoms with van der Waals surface area (Å²) < 4.78 is 19.4. The van der Waals surface area contributed by atoms with E-state index in [1.807, 2.05) is 18.2 Å². The summed E-state index contributed by atoms with van der Waals surface area (Å²) in [6.45, 7) is 2.33. The molecular formula is C18H18BrFN2O2. The van der Waals surface area contributed by atoms with Crippen LogP contribution in [0.3, 0.4) is 0 Å². The van der Waals surface area contributed by atoms with Crippen LogP contribution in [0.4, 0.5) is 15.8 Å². The molecule has 3 rings (SSSR count). The van der Waals surface area contributed by atoms with Gasteiger partial charge in [0, 0.05) is 17.9 Å². The zero-order valence-electron chi connectivity index (χ0n) is 13.3. The Morgan fingerprint density at radius 3 is 2.92 bits per heavy atom. The van der Waals surface area contributed by atoms with Crippen molar-refractivity contribution in [1.29, 1.82) is 0 Å². The maximum Gasteiger partial charge on any atom is 0.267 e. The van der Waals surface area contributed by atoms with Crippen LogP contribution in [0.25, 0.3) is 0 Å². The van der Waals surface area contributed by atoms with Crippen molar-refractivity contribution in [1.82, 2.24) is 0 Å². The number of hydrogen-bond acceptors (Lipinski definition) is 3. The minimum Gasteiger partial charge on any atom is -0.480 e. The minimum atomic E-state index is -0.695. The topological polar surface area (TPSA) is 55.6 Å². The summed E-state index contributed by atoms with van der Waals surface area (Å²) in [5, 5.41) is 0. The van der Waals surface area contributed by atoms with Crippen molar-refractivity contribution in [2.45, 2.75) is 25.9 Å². The Labute approximate surface area is 148 Å². The summed E-state index contributed by atoms with van der Waals surface area (Å²) in [7, 11) is 0. The number of rotatable bonds is 3. The van der Waals surface area contributed by atoms with Crippen molar-refractivity contribution in [3.63, 3.8) is 0 Å². The van der Waals surface area contributed by atoms with Crippen LogP contribution in [0.15, 0.2) is 40.9 Å². The Kier molecular flexibility index (Phi) is 4.76. The molecule has 0 radical (unpaired) electrons. The van der Waals surface area contributed by atoms with Gasteiger partial charge in [0.05, 0.1) is 4.47 Å². The van der Waals surface area contributed by atoms with E-state index in [0.717, 1.165) is 24.1 Å². The molecule has 0 fully saturated rings. The summed E-state index contributed by atoms with van der Waals surface area (Å²) in [4.78, 5) is 14.5. The highest BCUT2D eigenvalue weighted by Gasteiger charge is 2.28. The molecule has 0 saturated heterocycles. The Morgan fingerprint density at radius 1 is 1.38 bits per heavy atom. The Morgan fingerprint density at radius 2 is 2.17 bits per heavy atom. The third-order valence-corrected chi connectivity index (χ3v) is 4.72. The smallest absolute Gasteiger partial charge is 0.267 e. The van der Waals surface area contributed by atoms with E-state index in [4.69, 9.17) is 10.5 Å². The molecule has 126 valence electrons. The molecule has 4 nitrogen and oxygen atoms in total. The first-order valence-electron chi connectivity index (χ1n) is 7.78. The predicted octanol–water partition coefficient (Wildman–Crippen LogP) is 3.92. The van der Waals surface area contributed by atoms with Gasteiger partial charge >= 0.3 is 0 Å². The van der Waals surface area contributed by atoms with Crippen LogP contribution >= 0.6 is 15.9 Å². The van der Waals surface area contributed by atoms with Crippen molar-refractivity contribution in [2.75, 3.05) is 17.2 Å². The van der Waals surface area contributed by atoms with Crippen LogP contribution < -0.4 is 15.4 Å². The maximum atomic E-state index is 13.2. The lowest BCUT2D eigenvalue weighted by Crippen LogP contribution is -2.43. The number of ether oxygens (including phenoxy) is 1. The summed E-state index contributed by atoms with van der Waals surface area (Å²) in [6, 6.07) is 9.72. The first-order valence-corrected chi connectivity index (χ1v) is 8.57. The Balaban J connectivity index is 1.81. The summed E-state index contributed by atoms with van der Waals surface area (Å²) in [5.74, 6) is -0.0755. The molecule has 2 aromatic rings. The third-order valence-electron chi connectivity index (χ3n) is 4.10. The molecule has 0 aromatic heterocycles. The molecule has 1 unspecified atom stereocenters. The number of benzene rings is 2. The third kappa shape index (κ3) is 3.24. The summed E-state index contributed by atoms with van der Waals surface area (Å²) in [6.07, 6.45) is 1.03. The van der Waals surface area contributed by atoms with Crippen LogP contribution in [0.1, 0.15) is 18.9 Å². The molecule has 24 heavy (non-hydrogen) atoms. The molecule has 1 aliphatic rings. The van der Waals surface area contributed by atoms with Crippen LogP contribution in [0, 0.1) is 5.82 Å². The highest BCUT2D eigenvalue weighted by atomic mass is 79.9. The molecule has 6 heteroatoms. The van der Waals surface area contributed by atoms with Gasteiger partial charge in [-0.2, -0.15) is 0 Å². The van der Waals surface area contributed by atoms with Crippen LogP contribution in [-0.2, 0) is 11.2 Å². The molecule has 2 N–H and O–H groups in total. The molecule has 0 bridgehead atoms. The second kappa shape index (κ2) is 6.81. The molecular weight excluding hydrogens is 375 g/mol. The van der Waals surface area contributed by atoms with Gasteiger partial charge in [-0.3, -0.25) is 4.79 Å². The highest BCUT2D eigenvalue weighted by molar-refractivity contribution is 9.10. The number of amides is 1. The quantitative estimate of drug-likeness (QED) is 0.805. The van der Waals surface area contributed by atoms with E-state index in [1.54, 1.807) is 11.8 Å². The second-order valence-electron chi connectivity index (χ2n) is 5.77. The van der Waals surface area contributed by atoms with E-state index in [9.17, 15) is 9.18 Å². The molecule has 0 aliphatic carbocycles. The average Bonchev–Trinajstić information content (AvgIpc) is 2.56. The van der Waals surface area contributed by atoms with Crippen LogP contribution in [0.5, 0.6) is 5.75 Å². The maximum absolute atomic E-state index is 13.2. The van der Waals surface area contributed by atoms with Crippen molar-refractivity contribution in [3.8, 4) is 5.75 Å². The Bertz CT molecular complexity index is 782. The lowest BCUT2D eigenvalue weighted by molar-refractivity contribution is -0.124. The van der Waals surface area contributed by atoms with Gasteiger partial charge in [-0.25, -0.2) is 4.39 Å². The summed E-state index contributed by atoms with van der Waals surface area (Å²) in [5.41, 5.74) is 8.59. The number of nitrogen functional groups attached to an aromatic ring is 1. The van der Waals surface area contributed by atoms with Crippen molar-refractivity contribution >= 4 is 33.2 Å². The number of nitrogens with two attached hydrogens (primary N) is 1. The van der Waals surface area contributed by atoms with Crippen molar-refractivity contribution < 1.29 is 13.9 Å². The van der Waals surface area contributed by atoms with Gasteiger partial charge in [-0.15, -0.1) is 0 Å². The minimum absolute atomic E-state index is 0.141. The zero-order chi connectivity index (χ0) is 17.3. The van der Waals surface area contributed by atoms with Gasteiger partial charge in [0.15, 0.2) is 6.10 Å². The molecule has 1 heterocycles. The number of carbonyl (C=O) groups excluding carboxylic acids is 1. The van der Waals surface area contributed by atoms with Crippen LogP contribution in [-0.4, -0.2) is 18.6 Å². The van der Waals surface area contributed by atoms with Gasteiger partial charge in [-0.1, -0.05) is 6.07 Å². The largest absolute Gasteiger partial charge is 0.480 e. The monoisotopic (exact) mass is 392 g/mol. The normalized spacial score (nSPS) is 14.9. The van der Waals surface area contributed by atoms with Gasteiger partial charge in [0.25, 0.3) is 5.91 Å². The van der Waals surface area contributed by atoms with Crippen molar-refractivity contribution in [2.24, 2.45) is 0 Å². The fraction of sp³-hybridized carbons (Fsp3) is 0.278. The number of hydrogen-bond donors (Lipinski definition) is 1. The van der Waals surface area contributed by atoms with Crippen molar-refractivity contribution in [3.05, 3.63) is 52.3 Å². The van der Waals surface area contributed by atoms with Gasteiger partial charge in [0.2, 0.25) is 0 Å². The SMILES string of the molecule is CC(Oc1ccc(F)cc1Br)C(=O)N1CCCc2c(N)cccc21. The number of fused-ring (bicyclic) bond motifs is 1. The van der Waals surface area contributed by atoms with E-state index in [1.165, 1.54) is 18.2 Å². The number of nitrogens with zero attached hydrogens (tertiary/aromatic N) is 1. The molecule has 1 aliphatic heterocycles. The van der Waals surface area contributed by atoms with Gasteiger partial charge < -0.3 is 15.4 Å². The molecule has 2 aromatic carbocycles. The fourth-order valence-corrected chi connectivity index (χ4v) is 3.36. The van der Waals surface area contributed by atoms with Gasteiger partial charge in [0.1, 0.15) is 11.6 Å². The summed E-state index contributed by atoms with van der Waals surface area (Å²) >= 11 is 3.25. The van der Waals surface area contributed by atoms with Crippen LogP contribution in [0.2, 0.25) is 0 Å². The standard InChI is InChI=1S/C18H18BrFN2O2/c1-11(24-17-8-7-12(20)10-14(17)19)18(23)22-9-3-4-13-15(21)5-2-6-16(13)22/h2,5-8,10-11H,3-4,9,21H2,1H3. The van der Waals surface area contributed by atoms with E-state index < -0.39 is 6.10 Å². The molecule has 1 atom stereocenters. The van der Waals surface area contributed by atoms with E-state index in [0.29, 0.717) is 22.5 Å². The predicted molar refractivity (Wildman–Crippen MR) is 95.7 cm³/mol. The van der Waals surface area contributed by atoms with E-state index in [2.05, 4.69) is 15.9 Å². The Hall–Kier alpha value is -2.08. The van der Waals surface area contributed by atoms with E-state index in [-0.39, 0.29) is 11.7 Å². The number of carbonyl (C=O) groups is 1. The van der Waals surface area contributed by atoms with E-state index >= 15 is 0 Å². The number of halogens is 2. The molecule has 1 amide bonds. The number of anilines is 2. The molecule has 0 saturated carbocycles. The lowest BCUT2D eigenvalue weighted by atomic mass is 9.99. The fourth-order valence-electron chi connectivity index (χ4n) is 2.91. The molecule has 0 spiro atoms. The average molecular weight is 393 g/mol. The first-order chi connectivity index (χ1) is 11.5. The zero-order valence-corrected chi connectivity index (χ0v) is 14.8. The first kappa shape index (κ1) is 16.8. The lowest BCUT2D eigenvalue weighted by Gasteiger charge is -2.32. The second-order valence-corrected chi connectivity index (χ2v) is 6.63. The highest BCUT2D eigenvalue weighted by Crippen LogP contribution is 2.32. The van der Waals surface area contributed by atoms with Gasteiger partial charge in [-0.05, 0) is 71.6 Å².